The van der Waals surface area contributed by atoms with Crippen molar-refractivity contribution in [2.75, 3.05) is 6.61 Å². The van der Waals surface area contributed by atoms with Gasteiger partial charge in [-0.25, -0.2) is 4.79 Å². The highest BCUT2D eigenvalue weighted by molar-refractivity contribution is 5.94. The highest BCUT2D eigenvalue weighted by Gasteiger charge is 2.18. The SMILES string of the molecule is Cn1nc(OCC2CCCC2)c2ccc(C(=O)O)cc21. The molecular weight excluding hydrogens is 256 g/mol. The van der Waals surface area contributed by atoms with E-state index < -0.39 is 5.97 Å². The number of carboxylic acids is 1. The normalized spacial score (nSPS) is 15.8. The fraction of sp³-hybridized carbons (Fsp3) is 0.467. The molecule has 5 nitrogen and oxygen atoms in total. The van der Waals surface area contributed by atoms with Crippen molar-refractivity contribution in [2.24, 2.45) is 13.0 Å². The average molecular weight is 274 g/mol. The Morgan fingerprint density at radius 1 is 1.45 bits per heavy atom. The second kappa shape index (κ2) is 5.15. The largest absolute Gasteiger partial charge is 0.478 e. The first kappa shape index (κ1) is 13.0. The smallest absolute Gasteiger partial charge is 0.335 e. The van der Waals surface area contributed by atoms with E-state index in [0.29, 0.717) is 18.4 Å². The van der Waals surface area contributed by atoms with Gasteiger partial charge in [-0.3, -0.25) is 4.68 Å². The zero-order valence-corrected chi connectivity index (χ0v) is 11.5. The predicted molar refractivity (Wildman–Crippen MR) is 75.1 cm³/mol. The number of rotatable bonds is 4. The molecule has 0 amide bonds. The molecule has 0 saturated heterocycles. The topological polar surface area (TPSA) is 64.4 Å². The Morgan fingerprint density at radius 3 is 2.90 bits per heavy atom. The molecule has 106 valence electrons. The maximum atomic E-state index is 11.0. The molecular formula is C15H18N2O3. The number of aromatic nitrogens is 2. The molecule has 5 heteroatoms. The van der Waals surface area contributed by atoms with E-state index in [2.05, 4.69) is 5.10 Å². The zero-order valence-electron chi connectivity index (χ0n) is 11.5. The standard InChI is InChI=1S/C15H18N2O3/c1-17-13-8-11(15(18)19)6-7-12(13)14(16-17)20-9-10-4-2-3-5-10/h6-8,10H,2-5,9H2,1H3,(H,18,19). The average Bonchev–Trinajstić information content (AvgIpc) is 3.05. The lowest BCUT2D eigenvalue weighted by Gasteiger charge is -2.09. The van der Waals surface area contributed by atoms with E-state index in [4.69, 9.17) is 9.84 Å². The van der Waals surface area contributed by atoms with E-state index in [1.165, 1.54) is 25.7 Å². The molecule has 3 rings (SSSR count). The molecule has 1 aliphatic carbocycles. The molecule has 0 atom stereocenters. The van der Waals surface area contributed by atoms with Gasteiger partial charge in [0.1, 0.15) is 0 Å². The molecule has 20 heavy (non-hydrogen) atoms. The lowest BCUT2D eigenvalue weighted by atomic mass is 10.1. The van der Waals surface area contributed by atoms with Crippen LogP contribution in [0.3, 0.4) is 0 Å². The second-order valence-electron chi connectivity index (χ2n) is 5.43. The maximum absolute atomic E-state index is 11.0. The van der Waals surface area contributed by atoms with Crippen LogP contribution in [0.25, 0.3) is 10.9 Å². The van der Waals surface area contributed by atoms with Crippen LogP contribution in [0.5, 0.6) is 5.88 Å². The molecule has 1 aromatic carbocycles. The summed E-state index contributed by atoms with van der Waals surface area (Å²) in [6, 6.07) is 5.00. The molecule has 2 aromatic rings. The van der Waals surface area contributed by atoms with Crippen molar-refractivity contribution in [3.8, 4) is 5.88 Å². The van der Waals surface area contributed by atoms with Crippen LogP contribution >= 0.6 is 0 Å². The van der Waals surface area contributed by atoms with E-state index in [1.54, 1.807) is 29.9 Å². The highest BCUT2D eigenvalue weighted by atomic mass is 16.5. The molecule has 1 aromatic heterocycles. The third-order valence-electron chi connectivity index (χ3n) is 4.00. The molecule has 1 heterocycles. The zero-order chi connectivity index (χ0) is 14.1. The van der Waals surface area contributed by atoms with E-state index in [1.807, 2.05) is 0 Å². The number of fused-ring (bicyclic) bond motifs is 1. The molecule has 0 radical (unpaired) electrons. The number of carboxylic acid groups (broad SMARTS) is 1. The number of ether oxygens (including phenoxy) is 1. The quantitative estimate of drug-likeness (QED) is 0.931. The minimum Gasteiger partial charge on any atom is -0.478 e. The van der Waals surface area contributed by atoms with Crippen molar-refractivity contribution < 1.29 is 14.6 Å². The van der Waals surface area contributed by atoms with Gasteiger partial charge in [0.15, 0.2) is 0 Å². The molecule has 0 aliphatic heterocycles. The fourth-order valence-corrected chi connectivity index (χ4v) is 2.84. The highest BCUT2D eigenvalue weighted by Crippen LogP contribution is 2.29. The fourth-order valence-electron chi connectivity index (χ4n) is 2.84. The van der Waals surface area contributed by atoms with Gasteiger partial charge < -0.3 is 9.84 Å². The van der Waals surface area contributed by atoms with Crippen molar-refractivity contribution in [1.29, 1.82) is 0 Å². The summed E-state index contributed by atoms with van der Waals surface area (Å²) in [5.41, 5.74) is 1.05. The number of nitrogens with zero attached hydrogens (tertiary/aromatic N) is 2. The Kier molecular flexibility index (Phi) is 3.34. The van der Waals surface area contributed by atoms with Crippen LogP contribution in [0.15, 0.2) is 18.2 Å². The molecule has 1 saturated carbocycles. The first-order valence-corrected chi connectivity index (χ1v) is 6.98. The Morgan fingerprint density at radius 2 is 2.20 bits per heavy atom. The number of benzene rings is 1. The minimum atomic E-state index is -0.929. The van der Waals surface area contributed by atoms with Crippen LogP contribution in [0.1, 0.15) is 36.0 Å². The van der Waals surface area contributed by atoms with Gasteiger partial charge in [0, 0.05) is 7.05 Å². The van der Waals surface area contributed by atoms with Gasteiger partial charge >= 0.3 is 5.97 Å². The van der Waals surface area contributed by atoms with Crippen molar-refractivity contribution in [1.82, 2.24) is 9.78 Å². The first-order valence-electron chi connectivity index (χ1n) is 6.98. The summed E-state index contributed by atoms with van der Waals surface area (Å²) < 4.78 is 7.52. The summed E-state index contributed by atoms with van der Waals surface area (Å²) >= 11 is 0. The first-order chi connectivity index (χ1) is 9.65. The van der Waals surface area contributed by atoms with Gasteiger partial charge in [0.05, 0.1) is 23.1 Å². The maximum Gasteiger partial charge on any atom is 0.335 e. The third-order valence-corrected chi connectivity index (χ3v) is 4.00. The Labute approximate surface area is 117 Å². The predicted octanol–water partition coefficient (Wildman–Crippen LogP) is 2.84. The van der Waals surface area contributed by atoms with Gasteiger partial charge in [-0.2, -0.15) is 0 Å². The summed E-state index contributed by atoms with van der Waals surface area (Å²) in [5.74, 6) is 0.304. The molecule has 1 aliphatic rings. The van der Waals surface area contributed by atoms with Crippen molar-refractivity contribution in [3.05, 3.63) is 23.8 Å². The van der Waals surface area contributed by atoms with Crippen LogP contribution < -0.4 is 4.74 Å². The third kappa shape index (κ3) is 2.35. The van der Waals surface area contributed by atoms with Gasteiger partial charge in [-0.15, -0.1) is 5.10 Å². The molecule has 0 unspecified atom stereocenters. The van der Waals surface area contributed by atoms with Crippen molar-refractivity contribution in [3.63, 3.8) is 0 Å². The molecule has 0 spiro atoms. The summed E-state index contributed by atoms with van der Waals surface area (Å²) in [6.07, 6.45) is 5.04. The van der Waals surface area contributed by atoms with Gasteiger partial charge in [0.25, 0.3) is 0 Å². The summed E-state index contributed by atoms with van der Waals surface area (Å²) in [5, 5.41) is 14.3. The van der Waals surface area contributed by atoms with Gasteiger partial charge in [-0.05, 0) is 37.0 Å². The van der Waals surface area contributed by atoms with Crippen LogP contribution in [0, 0.1) is 5.92 Å². The Bertz CT molecular complexity index is 642. The van der Waals surface area contributed by atoms with Gasteiger partial charge in [0.2, 0.25) is 5.88 Å². The van der Waals surface area contributed by atoms with Crippen LogP contribution in [-0.4, -0.2) is 27.5 Å². The van der Waals surface area contributed by atoms with E-state index >= 15 is 0 Å². The van der Waals surface area contributed by atoms with Crippen molar-refractivity contribution >= 4 is 16.9 Å². The molecule has 1 fully saturated rings. The van der Waals surface area contributed by atoms with E-state index in [-0.39, 0.29) is 5.56 Å². The lowest BCUT2D eigenvalue weighted by Crippen LogP contribution is -2.08. The number of aromatic carboxylic acids is 1. The monoisotopic (exact) mass is 274 g/mol. The number of aryl methyl sites for hydroxylation is 1. The van der Waals surface area contributed by atoms with Crippen LogP contribution in [0.2, 0.25) is 0 Å². The Balaban J connectivity index is 1.85. The summed E-state index contributed by atoms with van der Waals surface area (Å²) in [7, 11) is 1.80. The summed E-state index contributed by atoms with van der Waals surface area (Å²) in [6.45, 7) is 0.701. The van der Waals surface area contributed by atoms with Crippen LogP contribution in [0.4, 0.5) is 0 Å². The summed E-state index contributed by atoms with van der Waals surface area (Å²) in [4.78, 5) is 11.0. The van der Waals surface area contributed by atoms with E-state index in [0.717, 1.165) is 10.9 Å². The van der Waals surface area contributed by atoms with E-state index in [9.17, 15) is 4.79 Å². The lowest BCUT2D eigenvalue weighted by molar-refractivity contribution is 0.0697. The minimum absolute atomic E-state index is 0.267. The number of hydrogen-bond donors (Lipinski definition) is 1. The van der Waals surface area contributed by atoms with Gasteiger partial charge in [-0.1, -0.05) is 12.8 Å². The Hall–Kier alpha value is -2.04. The molecule has 1 N–H and O–H groups in total. The second-order valence-corrected chi connectivity index (χ2v) is 5.43. The number of hydrogen-bond acceptors (Lipinski definition) is 3. The molecule has 0 bridgehead atoms. The number of carbonyl (C=O) groups is 1. The van der Waals surface area contributed by atoms with Crippen LogP contribution in [-0.2, 0) is 7.05 Å². The van der Waals surface area contributed by atoms with Crippen molar-refractivity contribution in [2.45, 2.75) is 25.7 Å².